The number of rotatable bonds is 8. The van der Waals surface area contributed by atoms with Gasteiger partial charge in [0.2, 0.25) is 11.8 Å². The van der Waals surface area contributed by atoms with Crippen LogP contribution in [-0.4, -0.2) is 24.4 Å². The smallest absolute Gasteiger partial charge is 0.249 e. The quantitative estimate of drug-likeness (QED) is 0.539. The summed E-state index contributed by atoms with van der Waals surface area (Å²) >= 11 is 0. The van der Waals surface area contributed by atoms with Gasteiger partial charge in [-0.05, 0) is 35.6 Å². The van der Waals surface area contributed by atoms with Gasteiger partial charge in [0, 0.05) is 18.5 Å². The number of fused-ring (bicyclic) bond motifs is 1. The number of amides is 2. The van der Waals surface area contributed by atoms with E-state index in [1.165, 1.54) is 0 Å². The van der Waals surface area contributed by atoms with Crippen LogP contribution >= 0.6 is 0 Å². The summed E-state index contributed by atoms with van der Waals surface area (Å²) < 4.78 is 6.05. The van der Waals surface area contributed by atoms with Crippen LogP contribution < -0.4 is 20.7 Å². The van der Waals surface area contributed by atoms with E-state index in [9.17, 15) is 9.59 Å². The minimum Gasteiger partial charge on any atom is -0.489 e. The topological polar surface area (TPSA) is 84.7 Å². The molecule has 0 bridgehead atoms. The van der Waals surface area contributed by atoms with Crippen molar-refractivity contribution in [1.82, 2.24) is 5.32 Å². The number of nitrogens with zero attached hydrogens (tertiary/aromatic N) is 1. The fourth-order valence-electron chi connectivity index (χ4n) is 4.05. The van der Waals surface area contributed by atoms with Crippen molar-refractivity contribution in [3.8, 4) is 5.75 Å². The fraction of sp³-hybridized carbons (Fsp3) is 0.286. The van der Waals surface area contributed by atoms with Crippen molar-refractivity contribution >= 4 is 17.5 Å². The van der Waals surface area contributed by atoms with E-state index in [2.05, 4.69) is 5.32 Å². The highest BCUT2D eigenvalue weighted by molar-refractivity contribution is 6.00. The Morgan fingerprint density at radius 2 is 1.74 bits per heavy atom. The number of anilines is 1. The van der Waals surface area contributed by atoms with Gasteiger partial charge in [-0.15, -0.1) is 0 Å². The van der Waals surface area contributed by atoms with Gasteiger partial charge in [0.05, 0.1) is 12.2 Å². The monoisotopic (exact) mass is 457 g/mol. The molecular weight excluding hydrogens is 426 g/mol. The number of aryl methyl sites for hydroxylation is 1. The lowest BCUT2D eigenvalue weighted by Gasteiger charge is -2.27. The number of ether oxygens (including phenoxy) is 1. The number of hydrogen-bond donors (Lipinski definition) is 2. The Hall–Kier alpha value is -3.64. The van der Waals surface area contributed by atoms with Crippen LogP contribution in [0.15, 0.2) is 78.9 Å². The molecule has 0 saturated heterocycles. The SMILES string of the molecule is C[C@@H](CN)C(=O)N[C@H]1CCc2ccc(OCc3ccccc3)cc2N(Cc2ccccc2)C1=O. The highest BCUT2D eigenvalue weighted by Crippen LogP contribution is 2.32. The van der Waals surface area contributed by atoms with E-state index in [0.717, 1.165) is 22.4 Å². The molecule has 2 amide bonds. The van der Waals surface area contributed by atoms with Crippen LogP contribution in [0.2, 0.25) is 0 Å². The van der Waals surface area contributed by atoms with Crippen molar-refractivity contribution in [2.24, 2.45) is 11.7 Å². The highest BCUT2D eigenvalue weighted by atomic mass is 16.5. The molecule has 1 aliphatic rings. The van der Waals surface area contributed by atoms with Crippen LogP contribution in [0.25, 0.3) is 0 Å². The molecule has 0 spiro atoms. The van der Waals surface area contributed by atoms with Gasteiger partial charge in [-0.25, -0.2) is 0 Å². The summed E-state index contributed by atoms with van der Waals surface area (Å²) in [5.41, 5.74) is 9.63. The molecule has 3 aromatic carbocycles. The standard InChI is InChI=1S/C28H31N3O3/c1-20(17-29)27(32)30-25-15-13-23-12-14-24(34-19-22-10-6-3-7-11-22)16-26(23)31(28(25)33)18-21-8-4-2-5-9-21/h2-12,14,16,20,25H,13,15,17-19,29H2,1H3,(H,30,32)/t20-,25-/m0/s1. The van der Waals surface area contributed by atoms with E-state index in [1.807, 2.05) is 78.9 Å². The first-order valence-corrected chi connectivity index (χ1v) is 11.7. The number of nitrogens with two attached hydrogens (primary N) is 1. The molecular formula is C28H31N3O3. The van der Waals surface area contributed by atoms with Crippen LogP contribution in [-0.2, 0) is 29.2 Å². The van der Waals surface area contributed by atoms with Gasteiger partial charge in [0.25, 0.3) is 0 Å². The summed E-state index contributed by atoms with van der Waals surface area (Å²) in [7, 11) is 0. The van der Waals surface area contributed by atoms with Crippen molar-refractivity contribution in [1.29, 1.82) is 0 Å². The van der Waals surface area contributed by atoms with E-state index in [0.29, 0.717) is 31.7 Å². The molecule has 0 aliphatic carbocycles. The second-order valence-electron chi connectivity index (χ2n) is 8.71. The lowest BCUT2D eigenvalue weighted by Crippen LogP contribution is -2.49. The summed E-state index contributed by atoms with van der Waals surface area (Å²) in [6, 6.07) is 25.1. The average Bonchev–Trinajstić information content (AvgIpc) is 3.00. The van der Waals surface area contributed by atoms with E-state index in [4.69, 9.17) is 10.5 Å². The summed E-state index contributed by atoms with van der Waals surface area (Å²) in [5, 5.41) is 2.93. The lowest BCUT2D eigenvalue weighted by molar-refractivity contribution is -0.129. The van der Waals surface area contributed by atoms with E-state index >= 15 is 0 Å². The molecule has 4 rings (SSSR count). The number of carbonyl (C=O) groups excluding carboxylic acids is 2. The molecule has 1 heterocycles. The maximum atomic E-state index is 13.7. The van der Waals surface area contributed by atoms with Crippen LogP contribution in [0.3, 0.4) is 0 Å². The highest BCUT2D eigenvalue weighted by Gasteiger charge is 2.32. The van der Waals surface area contributed by atoms with E-state index in [-0.39, 0.29) is 24.3 Å². The Bertz CT molecular complexity index is 1120. The molecule has 0 aromatic heterocycles. The van der Waals surface area contributed by atoms with Crippen molar-refractivity contribution in [2.45, 2.75) is 39.0 Å². The minimum absolute atomic E-state index is 0.125. The van der Waals surface area contributed by atoms with Gasteiger partial charge in [-0.3, -0.25) is 9.59 Å². The van der Waals surface area contributed by atoms with Crippen LogP contribution in [0.5, 0.6) is 5.75 Å². The lowest BCUT2D eigenvalue weighted by atomic mass is 10.0. The Morgan fingerprint density at radius 3 is 2.41 bits per heavy atom. The predicted molar refractivity (Wildman–Crippen MR) is 133 cm³/mol. The zero-order valence-electron chi connectivity index (χ0n) is 19.4. The molecule has 0 unspecified atom stereocenters. The summed E-state index contributed by atoms with van der Waals surface area (Å²) in [5.74, 6) is 0.0328. The third kappa shape index (κ3) is 5.64. The van der Waals surface area contributed by atoms with Crippen molar-refractivity contribution in [2.75, 3.05) is 11.4 Å². The van der Waals surface area contributed by atoms with Gasteiger partial charge in [-0.1, -0.05) is 73.7 Å². The number of benzene rings is 3. The predicted octanol–water partition coefficient (Wildman–Crippen LogP) is 3.82. The van der Waals surface area contributed by atoms with Crippen molar-refractivity contribution in [3.63, 3.8) is 0 Å². The normalized spacial score (nSPS) is 16.4. The zero-order chi connectivity index (χ0) is 23.9. The second kappa shape index (κ2) is 11.0. The van der Waals surface area contributed by atoms with Crippen LogP contribution in [0.1, 0.15) is 30.0 Å². The Morgan fingerprint density at radius 1 is 1.06 bits per heavy atom. The molecule has 0 radical (unpaired) electrons. The number of nitrogens with one attached hydrogen (secondary N) is 1. The Kier molecular flexibility index (Phi) is 7.60. The summed E-state index contributed by atoms with van der Waals surface area (Å²) in [6.45, 7) is 2.86. The molecule has 2 atom stereocenters. The Balaban J connectivity index is 1.62. The molecule has 1 aliphatic heterocycles. The van der Waals surface area contributed by atoms with Crippen LogP contribution in [0, 0.1) is 5.92 Å². The first-order valence-electron chi connectivity index (χ1n) is 11.7. The maximum Gasteiger partial charge on any atom is 0.249 e. The first-order chi connectivity index (χ1) is 16.5. The van der Waals surface area contributed by atoms with Gasteiger partial charge < -0.3 is 20.7 Å². The third-order valence-electron chi connectivity index (χ3n) is 6.16. The van der Waals surface area contributed by atoms with Gasteiger partial charge in [0.1, 0.15) is 18.4 Å². The summed E-state index contributed by atoms with van der Waals surface area (Å²) in [4.78, 5) is 28.0. The van der Waals surface area contributed by atoms with Gasteiger partial charge in [-0.2, -0.15) is 0 Å². The molecule has 3 N–H and O–H groups in total. The minimum atomic E-state index is -0.605. The third-order valence-corrected chi connectivity index (χ3v) is 6.16. The zero-order valence-corrected chi connectivity index (χ0v) is 19.4. The molecule has 0 fully saturated rings. The van der Waals surface area contributed by atoms with E-state index in [1.54, 1.807) is 11.8 Å². The number of carbonyl (C=O) groups is 2. The molecule has 176 valence electrons. The average molecular weight is 458 g/mol. The molecule has 0 saturated carbocycles. The molecule has 34 heavy (non-hydrogen) atoms. The fourth-order valence-corrected chi connectivity index (χ4v) is 4.05. The molecule has 6 heteroatoms. The Labute approximate surface area is 200 Å². The van der Waals surface area contributed by atoms with Crippen LogP contribution in [0.4, 0.5) is 5.69 Å². The maximum absolute atomic E-state index is 13.7. The van der Waals surface area contributed by atoms with E-state index < -0.39 is 6.04 Å². The van der Waals surface area contributed by atoms with Gasteiger partial charge >= 0.3 is 0 Å². The summed E-state index contributed by atoms with van der Waals surface area (Å²) in [6.07, 6.45) is 1.21. The number of hydrogen-bond acceptors (Lipinski definition) is 4. The van der Waals surface area contributed by atoms with Crippen molar-refractivity contribution in [3.05, 3.63) is 95.6 Å². The molecule has 6 nitrogen and oxygen atoms in total. The first kappa shape index (κ1) is 23.5. The largest absolute Gasteiger partial charge is 0.489 e. The molecule has 3 aromatic rings. The van der Waals surface area contributed by atoms with Gasteiger partial charge in [0.15, 0.2) is 0 Å². The van der Waals surface area contributed by atoms with Crippen molar-refractivity contribution < 1.29 is 14.3 Å². The second-order valence-corrected chi connectivity index (χ2v) is 8.71.